The molecule has 2 amide bonds. The molecular formula is C16H21NO7. The summed E-state index contributed by atoms with van der Waals surface area (Å²) >= 11 is 0. The molecule has 0 aromatic rings. The maximum atomic E-state index is 12.8. The second-order valence-electron chi connectivity index (χ2n) is 6.85. The second kappa shape index (κ2) is 6.26. The van der Waals surface area contributed by atoms with Crippen LogP contribution >= 0.6 is 0 Å². The molecule has 3 atom stereocenters. The zero-order chi connectivity index (χ0) is 18.2. The van der Waals surface area contributed by atoms with Gasteiger partial charge in [0, 0.05) is 5.92 Å². The molecule has 8 nitrogen and oxygen atoms in total. The van der Waals surface area contributed by atoms with Gasteiger partial charge < -0.3 is 14.2 Å². The van der Waals surface area contributed by atoms with E-state index in [0.717, 1.165) is 12.0 Å². The molecule has 2 aliphatic rings. The number of rotatable bonds is 1. The van der Waals surface area contributed by atoms with Crippen molar-refractivity contribution in [2.24, 2.45) is 11.8 Å². The molecule has 0 aliphatic carbocycles. The van der Waals surface area contributed by atoms with Crippen molar-refractivity contribution in [1.29, 1.82) is 0 Å². The van der Waals surface area contributed by atoms with E-state index in [-0.39, 0.29) is 6.42 Å². The van der Waals surface area contributed by atoms with Crippen LogP contribution in [0.2, 0.25) is 0 Å². The van der Waals surface area contributed by atoms with Gasteiger partial charge in [-0.1, -0.05) is 0 Å². The number of esters is 2. The van der Waals surface area contributed by atoms with E-state index in [1.807, 2.05) is 0 Å². The molecule has 2 rings (SSSR count). The number of carbonyl (C=O) groups is 4. The van der Waals surface area contributed by atoms with E-state index in [0.29, 0.717) is 5.57 Å². The highest BCUT2D eigenvalue weighted by atomic mass is 16.6. The van der Waals surface area contributed by atoms with Crippen molar-refractivity contribution in [1.82, 2.24) is 4.90 Å². The Balaban J connectivity index is 2.46. The first kappa shape index (κ1) is 18.0. The lowest BCUT2D eigenvalue weighted by molar-refractivity contribution is -0.150. The van der Waals surface area contributed by atoms with Crippen LogP contribution in [0, 0.1) is 11.8 Å². The van der Waals surface area contributed by atoms with Crippen LogP contribution in [-0.4, -0.2) is 47.6 Å². The van der Waals surface area contributed by atoms with Crippen LogP contribution in [0.4, 0.5) is 4.79 Å². The molecular weight excluding hydrogens is 318 g/mol. The zero-order valence-corrected chi connectivity index (χ0v) is 14.3. The number of nitrogens with zero attached hydrogens (tertiary/aromatic N) is 1. The van der Waals surface area contributed by atoms with Gasteiger partial charge in [-0.3, -0.25) is 9.59 Å². The molecule has 0 spiro atoms. The van der Waals surface area contributed by atoms with Gasteiger partial charge in [-0.05, 0) is 33.3 Å². The monoisotopic (exact) mass is 339 g/mol. The maximum Gasteiger partial charge on any atom is 0.417 e. The minimum Gasteiger partial charge on any atom is -0.467 e. The van der Waals surface area contributed by atoms with Crippen LogP contribution in [0.5, 0.6) is 0 Å². The molecule has 0 aromatic carbocycles. The van der Waals surface area contributed by atoms with E-state index in [1.165, 1.54) is 6.26 Å². The SMILES string of the molecule is COC(=O)[C@@H]1[C@H]2CC(=O)OC=C(C)[C@H]2C(=O)N1C(=O)OC(C)(C)C. The summed E-state index contributed by atoms with van der Waals surface area (Å²) in [5.74, 6) is -3.51. The van der Waals surface area contributed by atoms with Crippen LogP contribution in [0.1, 0.15) is 34.1 Å². The zero-order valence-electron chi connectivity index (χ0n) is 14.3. The summed E-state index contributed by atoms with van der Waals surface area (Å²) in [7, 11) is 1.16. The summed E-state index contributed by atoms with van der Waals surface area (Å²) in [5.41, 5.74) is -0.372. The molecule has 2 heterocycles. The van der Waals surface area contributed by atoms with Crippen molar-refractivity contribution in [2.45, 2.75) is 45.8 Å². The Hall–Kier alpha value is -2.38. The maximum absolute atomic E-state index is 12.8. The lowest BCUT2D eigenvalue weighted by Crippen LogP contribution is -2.48. The number of ether oxygens (including phenoxy) is 3. The van der Waals surface area contributed by atoms with E-state index in [9.17, 15) is 19.2 Å². The molecule has 1 saturated heterocycles. The topological polar surface area (TPSA) is 99.2 Å². The van der Waals surface area contributed by atoms with Gasteiger partial charge >= 0.3 is 18.0 Å². The molecule has 2 aliphatic heterocycles. The van der Waals surface area contributed by atoms with Crippen molar-refractivity contribution in [3.05, 3.63) is 11.8 Å². The Labute approximate surface area is 139 Å². The third-order valence-corrected chi connectivity index (χ3v) is 3.92. The molecule has 132 valence electrons. The normalized spacial score (nSPS) is 27.0. The Bertz CT molecular complexity index is 616. The van der Waals surface area contributed by atoms with E-state index < -0.39 is 47.4 Å². The average Bonchev–Trinajstić information content (AvgIpc) is 2.65. The van der Waals surface area contributed by atoms with Crippen LogP contribution < -0.4 is 0 Å². The van der Waals surface area contributed by atoms with Crippen molar-refractivity contribution in [3.63, 3.8) is 0 Å². The Morgan fingerprint density at radius 1 is 1.29 bits per heavy atom. The lowest BCUT2D eigenvalue weighted by Gasteiger charge is -2.27. The second-order valence-corrected chi connectivity index (χ2v) is 6.85. The van der Waals surface area contributed by atoms with Crippen LogP contribution in [0.15, 0.2) is 11.8 Å². The van der Waals surface area contributed by atoms with Gasteiger partial charge in [0.25, 0.3) is 0 Å². The number of hydrogen-bond donors (Lipinski definition) is 0. The van der Waals surface area contributed by atoms with E-state index in [2.05, 4.69) is 0 Å². The number of amides is 2. The van der Waals surface area contributed by atoms with Crippen molar-refractivity contribution in [2.75, 3.05) is 7.11 Å². The first-order valence-electron chi connectivity index (χ1n) is 7.57. The summed E-state index contributed by atoms with van der Waals surface area (Å²) in [6.45, 7) is 6.57. The molecule has 0 radical (unpaired) electrons. The molecule has 0 unspecified atom stereocenters. The third kappa shape index (κ3) is 3.27. The fourth-order valence-corrected chi connectivity index (χ4v) is 2.99. The Morgan fingerprint density at radius 3 is 2.46 bits per heavy atom. The van der Waals surface area contributed by atoms with Gasteiger partial charge in [-0.15, -0.1) is 0 Å². The molecule has 0 aromatic heterocycles. The minimum atomic E-state index is -1.23. The fourth-order valence-electron chi connectivity index (χ4n) is 2.99. The summed E-state index contributed by atoms with van der Waals surface area (Å²) in [6.07, 6.45) is 0.0818. The highest BCUT2D eigenvalue weighted by Crippen LogP contribution is 2.41. The predicted octanol–water partition coefficient (Wildman–Crippen LogP) is 1.39. The summed E-state index contributed by atoms with van der Waals surface area (Å²) in [5, 5.41) is 0. The fraction of sp³-hybridized carbons (Fsp3) is 0.625. The average molecular weight is 339 g/mol. The predicted molar refractivity (Wildman–Crippen MR) is 80.3 cm³/mol. The molecule has 0 bridgehead atoms. The smallest absolute Gasteiger partial charge is 0.417 e. The molecule has 8 heteroatoms. The van der Waals surface area contributed by atoms with E-state index in [1.54, 1.807) is 27.7 Å². The largest absolute Gasteiger partial charge is 0.467 e. The highest BCUT2D eigenvalue weighted by Gasteiger charge is 2.57. The van der Waals surface area contributed by atoms with Crippen LogP contribution in [0.3, 0.4) is 0 Å². The number of imide groups is 1. The first-order valence-corrected chi connectivity index (χ1v) is 7.57. The number of hydrogen-bond acceptors (Lipinski definition) is 7. The van der Waals surface area contributed by atoms with E-state index in [4.69, 9.17) is 14.2 Å². The molecule has 24 heavy (non-hydrogen) atoms. The lowest BCUT2D eigenvalue weighted by atomic mass is 9.84. The molecule has 1 fully saturated rings. The summed E-state index contributed by atoms with van der Waals surface area (Å²) in [6, 6.07) is -1.23. The highest BCUT2D eigenvalue weighted by molar-refractivity contribution is 6.03. The number of cyclic esters (lactones) is 1. The van der Waals surface area contributed by atoms with Gasteiger partial charge in [0.05, 0.1) is 25.7 Å². The summed E-state index contributed by atoms with van der Waals surface area (Å²) < 4.78 is 14.9. The van der Waals surface area contributed by atoms with Crippen molar-refractivity contribution in [3.8, 4) is 0 Å². The van der Waals surface area contributed by atoms with Gasteiger partial charge in [0.15, 0.2) is 0 Å². The third-order valence-electron chi connectivity index (χ3n) is 3.92. The standard InChI is InChI=1S/C16H21NO7/c1-8-7-23-10(18)6-9-11(8)13(19)17(12(9)14(20)22-5)15(21)24-16(2,3)4/h7,9,11-12H,6H2,1-5H3/t9-,11+,12-/m0/s1. The summed E-state index contributed by atoms with van der Waals surface area (Å²) in [4.78, 5) is 50.0. The van der Waals surface area contributed by atoms with Crippen molar-refractivity contribution < 1.29 is 33.4 Å². The van der Waals surface area contributed by atoms with Gasteiger partial charge in [-0.2, -0.15) is 0 Å². The van der Waals surface area contributed by atoms with Gasteiger partial charge in [0.2, 0.25) is 5.91 Å². The molecule has 0 saturated carbocycles. The number of likely N-dealkylation sites (tertiary alicyclic amines) is 1. The van der Waals surface area contributed by atoms with Gasteiger partial charge in [-0.25, -0.2) is 14.5 Å². The number of carbonyl (C=O) groups excluding carboxylic acids is 4. The number of fused-ring (bicyclic) bond motifs is 1. The van der Waals surface area contributed by atoms with Crippen LogP contribution in [-0.2, 0) is 28.6 Å². The number of methoxy groups -OCH3 is 1. The van der Waals surface area contributed by atoms with Crippen molar-refractivity contribution >= 4 is 23.9 Å². The quantitative estimate of drug-likeness (QED) is 0.526. The Kier molecular flexibility index (Phi) is 4.68. The first-order chi connectivity index (χ1) is 11.1. The minimum absolute atomic E-state index is 0.177. The Morgan fingerprint density at radius 2 is 1.92 bits per heavy atom. The van der Waals surface area contributed by atoms with E-state index >= 15 is 0 Å². The van der Waals surface area contributed by atoms with Crippen LogP contribution in [0.25, 0.3) is 0 Å². The van der Waals surface area contributed by atoms with Gasteiger partial charge in [0.1, 0.15) is 11.6 Å². The molecule has 0 N–H and O–H groups in total.